The number of halogens is 1. The van der Waals surface area contributed by atoms with Crippen molar-refractivity contribution in [1.29, 1.82) is 0 Å². The van der Waals surface area contributed by atoms with Crippen LogP contribution in [0.5, 0.6) is 0 Å². The summed E-state index contributed by atoms with van der Waals surface area (Å²) in [5.74, 6) is 6.59. The molecule has 7 heteroatoms. The maximum absolute atomic E-state index is 10.2. The van der Waals surface area contributed by atoms with E-state index in [-0.39, 0.29) is 6.04 Å². The molecule has 0 aliphatic carbocycles. The molecule has 140 valence electrons. The Morgan fingerprint density at radius 3 is 2.78 bits per heavy atom. The maximum atomic E-state index is 10.2. The highest BCUT2D eigenvalue weighted by Gasteiger charge is 2.16. The van der Waals surface area contributed by atoms with E-state index in [0.717, 1.165) is 5.69 Å². The average molecular weight is 384 g/mol. The van der Waals surface area contributed by atoms with Gasteiger partial charge >= 0.3 is 0 Å². The molecule has 1 atom stereocenters. The second-order valence-corrected chi connectivity index (χ2v) is 7.26. The van der Waals surface area contributed by atoms with E-state index in [2.05, 4.69) is 46.0 Å². The third-order valence-electron chi connectivity index (χ3n) is 4.20. The first-order valence-electron chi connectivity index (χ1n) is 8.82. The molecule has 0 saturated heterocycles. The van der Waals surface area contributed by atoms with Gasteiger partial charge in [0.15, 0.2) is 17.0 Å². The predicted molar refractivity (Wildman–Crippen MR) is 108 cm³/mol. The van der Waals surface area contributed by atoms with Gasteiger partial charge in [0.1, 0.15) is 5.60 Å². The Bertz CT molecular complexity index is 1030. The van der Waals surface area contributed by atoms with Crippen LogP contribution < -0.4 is 5.32 Å². The monoisotopic (exact) mass is 383 g/mol. The molecule has 0 amide bonds. The molecule has 0 bridgehead atoms. The second kappa shape index (κ2) is 7.55. The number of anilines is 2. The van der Waals surface area contributed by atoms with Crippen molar-refractivity contribution in [2.24, 2.45) is 0 Å². The lowest BCUT2D eigenvalue weighted by atomic mass is 10.1. The molecule has 3 rings (SSSR count). The number of nitrogens with one attached hydrogen (secondary N) is 1. The molecule has 2 heterocycles. The zero-order valence-corrected chi connectivity index (χ0v) is 16.5. The topological polar surface area (TPSA) is 75.9 Å². The van der Waals surface area contributed by atoms with E-state index in [1.807, 2.05) is 29.7 Å². The molecular formula is C20H22ClN5O. The van der Waals surface area contributed by atoms with Crippen molar-refractivity contribution < 1.29 is 5.11 Å². The van der Waals surface area contributed by atoms with Gasteiger partial charge in [0.25, 0.3) is 0 Å². The van der Waals surface area contributed by atoms with Gasteiger partial charge in [-0.2, -0.15) is 0 Å². The van der Waals surface area contributed by atoms with Gasteiger partial charge < -0.3 is 15.0 Å². The number of nitrogens with zero attached hydrogens (tertiary/aromatic N) is 4. The van der Waals surface area contributed by atoms with Crippen molar-refractivity contribution in [2.75, 3.05) is 5.32 Å². The van der Waals surface area contributed by atoms with Crippen LogP contribution in [0.2, 0.25) is 5.02 Å². The summed E-state index contributed by atoms with van der Waals surface area (Å²) in [4.78, 5) is 13.5. The lowest BCUT2D eigenvalue weighted by molar-refractivity contribution is 0.118. The van der Waals surface area contributed by atoms with E-state index in [1.54, 1.807) is 19.3 Å². The average Bonchev–Trinajstić information content (AvgIpc) is 3.05. The lowest BCUT2D eigenvalue weighted by Crippen LogP contribution is -2.19. The SMILES string of the molecule is CC[C@@](C)(O)C#Cc1nc(Nc2cccc(Cl)c2)c2ncn(C(C)C)c2n1. The van der Waals surface area contributed by atoms with E-state index in [9.17, 15) is 5.11 Å². The molecule has 2 N–H and O–H groups in total. The zero-order valence-electron chi connectivity index (χ0n) is 15.8. The number of aliphatic hydroxyl groups is 1. The van der Waals surface area contributed by atoms with Crippen molar-refractivity contribution in [3.63, 3.8) is 0 Å². The van der Waals surface area contributed by atoms with E-state index >= 15 is 0 Å². The molecule has 0 saturated carbocycles. The number of benzene rings is 1. The Kier molecular flexibility index (Phi) is 5.36. The Morgan fingerprint density at radius 2 is 2.11 bits per heavy atom. The summed E-state index contributed by atoms with van der Waals surface area (Å²) in [6.07, 6.45) is 2.26. The summed E-state index contributed by atoms with van der Waals surface area (Å²) < 4.78 is 1.96. The van der Waals surface area contributed by atoms with Crippen molar-refractivity contribution in [3.05, 3.63) is 41.4 Å². The van der Waals surface area contributed by atoms with Crippen LogP contribution in [0.1, 0.15) is 46.0 Å². The molecular weight excluding hydrogens is 362 g/mol. The molecule has 0 aliphatic rings. The summed E-state index contributed by atoms with van der Waals surface area (Å²) >= 11 is 6.08. The van der Waals surface area contributed by atoms with Crippen LogP contribution in [0, 0.1) is 11.8 Å². The fourth-order valence-electron chi connectivity index (χ4n) is 2.42. The molecule has 0 spiro atoms. The number of rotatable bonds is 4. The molecule has 3 aromatic rings. The first-order valence-corrected chi connectivity index (χ1v) is 9.19. The van der Waals surface area contributed by atoms with E-state index < -0.39 is 5.60 Å². The molecule has 1 aromatic carbocycles. The molecule has 0 fully saturated rings. The van der Waals surface area contributed by atoms with Gasteiger partial charge in [0.2, 0.25) is 5.82 Å². The van der Waals surface area contributed by atoms with Crippen molar-refractivity contribution in [1.82, 2.24) is 19.5 Å². The Morgan fingerprint density at radius 1 is 1.33 bits per heavy atom. The first kappa shape index (κ1) is 19.2. The summed E-state index contributed by atoms with van der Waals surface area (Å²) in [6.45, 7) is 7.65. The van der Waals surface area contributed by atoms with Crippen LogP contribution in [-0.4, -0.2) is 30.2 Å². The van der Waals surface area contributed by atoms with Gasteiger partial charge in [0, 0.05) is 16.8 Å². The van der Waals surface area contributed by atoms with Gasteiger partial charge in [-0.3, -0.25) is 0 Å². The Balaban J connectivity index is 2.13. The van der Waals surface area contributed by atoms with E-state index in [4.69, 9.17) is 11.6 Å². The van der Waals surface area contributed by atoms with Crippen LogP contribution >= 0.6 is 11.6 Å². The number of fused-ring (bicyclic) bond motifs is 1. The standard InChI is InChI=1S/C20H22ClN5O/c1-5-20(4,27)10-9-16-24-18(23-15-8-6-7-14(21)11-15)17-19(25-16)26(12-22-17)13(2)3/h6-8,11-13,27H,5H2,1-4H3,(H,23,24,25)/t20-/m1/s1. The highest BCUT2D eigenvalue weighted by molar-refractivity contribution is 6.30. The third-order valence-corrected chi connectivity index (χ3v) is 4.43. The summed E-state index contributed by atoms with van der Waals surface area (Å²) in [5.41, 5.74) is 1.04. The van der Waals surface area contributed by atoms with E-state index in [1.165, 1.54) is 0 Å². The minimum atomic E-state index is -1.09. The van der Waals surface area contributed by atoms with Crippen LogP contribution in [0.25, 0.3) is 11.2 Å². The Labute approximate surface area is 163 Å². The second-order valence-electron chi connectivity index (χ2n) is 6.83. The number of hydrogen-bond acceptors (Lipinski definition) is 5. The van der Waals surface area contributed by atoms with Crippen LogP contribution in [0.4, 0.5) is 11.5 Å². The van der Waals surface area contributed by atoms with Gasteiger partial charge in [-0.05, 0) is 51.3 Å². The highest BCUT2D eigenvalue weighted by atomic mass is 35.5. The lowest BCUT2D eigenvalue weighted by Gasteiger charge is -2.12. The van der Waals surface area contributed by atoms with E-state index in [0.29, 0.717) is 34.2 Å². The normalized spacial score (nSPS) is 13.3. The van der Waals surface area contributed by atoms with Gasteiger partial charge in [-0.1, -0.05) is 30.5 Å². The molecule has 0 radical (unpaired) electrons. The number of aromatic nitrogens is 4. The third kappa shape index (κ3) is 4.38. The zero-order chi connectivity index (χ0) is 19.6. The largest absolute Gasteiger partial charge is 0.378 e. The molecule has 6 nitrogen and oxygen atoms in total. The van der Waals surface area contributed by atoms with Gasteiger partial charge in [-0.25, -0.2) is 15.0 Å². The fraction of sp³-hybridized carbons (Fsp3) is 0.350. The van der Waals surface area contributed by atoms with Gasteiger partial charge in [0.05, 0.1) is 6.33 Å². The minimum absolute atomic E-state index is 0.184. The van der Waals surface area contributed by atoms with Crippen molar-refractivity contribution in [3.8, 4) is 11.8 Å². The molecule has 2 aromatic heterocycles. The van der Waals surface area contributed by atoms with Gasteiger partial charge in [-0.15, -0.1) is 0 Å². The fourth-order valence-corrected chi connectivity index (χ4v) is 2.61. The van der Waals surface area contributed by atoms with Crippen molar-refractivity contribution in [2.45, 2.75) is 45.8 Å². The van der Waals surface area contributed by atoms with Crippen molar-refractivity contribution >= 4 is 34.3 Å². The predicted octanol–water partition coefficient (Wildman–Crippen LogP) is 4.32. The molecule has 0 unspecified atom stereocenters. The summed E-state index contributed by atoms with van der Waals surface area (Å²) in [6, 6.07) is 7.55. The first-order chi connectivity index (χ1) is 12.8. The summed E-state index contributed by atoms with van der Waals surface area (Å²) in [7, 11) is 0. The number of hydrogen-bond donors (Lipinski definition) is 2. The van der Waals surface area contributed by atoms with Crippen LogP contribution in [0.3, 0.4) is 0 Å². The Hall–Kier alpha value is -2.62. The quantitative estimate of drug-likeness (QED) is 0.656. The molecule has 0 aliphatic heterocycles. The summed E-state index contributed by atoms with van der Waals surface area (Å²) in [5, 5.41) is 14.0. The molecule has 27 heavy (non-hydrogen) atoms. The smallest absolute Gasteiger partial charge is 0.209 e. The van der Waals surface area contributed by atoms with Crippen LogP contribution in [-0.2, 0) is 0 Å². The highest BCUT2D eigenvalue weighted by Crippen LogP contribution is 2.26. The maximum Gasteiger partial charge on any atom is 0.209 e. The minimum Gasteiger partial charge on any atom is -0.378 e. The van der Waals surface area contributed by atoms with Crippen LogP contribution in [0.15, 0.2) is 30.6 Å². The number of imidazole rings is 1.